The van der Waals surface area contributed by atoms with Gasteiger partial charge in [-0.2, -0.15) is 0 Å². The van der Waals surface area contributed by atoms with Gasteiger partial charge >= 0.3 is 36.2 Å². The fourth-order valence-corrected chi connectivity index (χ4v) is 4.58. The average molecular weight is 705 g/mol. The van der Waals surface area contributed by atoms with Crippen LogP contribution in [0.1, 0.15) is 52.0 Å². The molecule has 14 nitrogen and oxygen atoms in total. The zero-order valence-electron chi connectivity index (χ0n) is 27.7. The number of unbranched alkanes of at least 4 members (excludes halogenated alkanes) is 2. The molecule has 0 aliphatic rings. The van der Waals surface area contributed by atoms with Crippen LogP contribution in [0.25, 0.3) is 22.3 Å². The molecule has 0 aromatic heterocycles. The number of carboxylic acid groups (broad SMARTS) is 2. The molecule has 3 aromatic carbocycles. The molecule has 0 aliphatic carbocycles. The quantitative estimate of drug-likeness (QED) is 0.0462. The van der Waals surface area contributed by atoms with Crippen molar-refractivity contribution in [3.63, 3.8) is 0 Å². The number of carbonyl (C=O) groups is 6. The van der Waals surface area contributed by atoms with Gasteiger partial charge in [0.2, 0.25) is 0 Å². The van der Waals surface area contributed by atoms with Gasteiger partial charge in [-0.15, -0.1) is 0 Å². The first-order valence-corrected chi connectivity index (χ1v) is 15.6. The Morgan fingerprint density at radius 1 is 0.569 bits per heavy atom. The second-order valence-corrected chi connectivity index (χ2v) is 10.6. The lowest BCUT2D eigenvalue weighted by molar-refractivity contribution is -0.138. The van der Waals surface area contributed by atoms with E-state index in [0.29, 0.717) is 42.4 Å². The first kappa shape index (κ1) is 39.0. The lowest BCUT2D eigenvalue weighted by Crippen LogP contribution is -2.12. The molecule has 14 heteroatoms. The molecule has 0 atom stereocenters. The molecule has 0 aliphatic heterocycles. The molecule has 3 aromatic rings. The van der Waals surface area contributed by atoms with Gasteiger partial charge in [-0.3, -0.25) is 0 Å². The summed E-state index contributed by atoms with van der Waals surface area (Å²) >= 11 is 0. The van der Waals surface area contributed by atoms with Gasteiger partial charge in [0.05, 0.1) is 37.6 Å². The highest BCUT2D eigenvalue weighted by Crippen LogP contribution is 2.35. The van der Waals surface area contributed by atoms with Gasteiger partial charge in [0.25, 0.3) is 0 Å². The van der Waals surface area contributed by atoms with Crippen LogP contribution in [0.2, 0.25) is 0 Å². The lowest BCUT2D eigenvalue weighted by atomic mass is 9.91. The molecule has 0 fully saturated rings. The third kappa shape index (κ3) is 12.2. The Bertz CT molecular complexity index is 1790. The number of carbonyl (C=O) groups excluding carboxylic acids is 4. The van der Waals surface area contributed by atoms with E-state index in [4.69, 9.17) is 28.4 Å². The van der Waals surface area contributed by atoms with Crippen molar-refractivity contribution in [3.05, 3.63) is 96.6 Å². The maximum absolute atomic E-state index is 12.3. The zero-order chi connectivity index (χ0) is 37.3. The molecule has 0 amide bonds. The third-order valence-corrected chi connectivity index (χ3v) is 7.01. The van der Waals surface area contributed by atoms with Crippen LogP contribution in [-0.4, -0.2) is 72.8 Å². The molecular formula is C37H36O14. The number of carboxylic acids is 2. The number of hydrogen-bond donors (Lipinski definition) is 2. The molecular weight excluding hydrogens is 668 g/mol. The van der Waals surface area contributed by atoms with Gasteiger partial charge in [0.15, 0.2) is 0 Å². The Labute approximate surface area is 292 Å². The maximum atomic E-state index is 12.3. The van der Waals surface area contributed by atoms with E-state index >= 15 is 0 Å². The van der Waals surface area contributed by atoms with Crippen LogP contribution in [0, 0.1) is 6.92 Å². The van der Waals surface area contributed by atoms with Gasteiger partial charge in [0, 0.05) is 17.7 Å². The van der Waals surface area contributed by atoms with Crippen LogP contribution in [-0.2, 0) is 28.5 Å². The van der Waals surface area contributed by atoms with Crippen molar-refractivity contribution < 1.29 is 67.4 Å². The normalized spacial score (nSPS) is 10.3. The fourth-order valence-electron chi connectivity index (χ4n) is 4.58. The number of aromatic carboxylic acids is 2. The Kier molecular flexibility index (Phi) is 14.9. The van der Waals surface area contributed by atoms with Crippen molar-refractivity contribution >= 4 is 36.2 Å². The second-order valence-electron chi connectivity index (χ2n) is 10.6. The summed E-state index contributed by atoms with van der Waals surface area (Å²) in [7, 11) is 0. The molecule has 3 rings (SSSR count). The molecule has 0 unspecified atom stereocenters. The highest BCUT2D eigenvalue weighted by Gasteiger charge is 2.19. The molecule has 2 N–H and O–H groups in total. The molecule has 0 radical (unpaired) electrons. The van der Waals surface area contributed by atoms with Crippen LogP contribution < -0.4 is 9.47 Å². The first-order chi connectivity index (χ1) is 24.4. The number of aryl methyl sites for hydroxylation is 1. The van der Waals surface area contributed by atoms with E-state index in [0.717, 1.165) is 12.2 Å². The fraction of sp³-hybridized carbons (Fsp3) is 0.243. The summed E-state index contributed by atoms with van der Waals surface area (Å²) in [5, 5.41) is 19.7. The van der Waals surface area contributed by atoms with Gasteiger partial charge in [-0.1, -0.05) is 31.4 Å². The minimum atomic E-state index is -1.24. The van der Waals surface area contributed by atoms with Gasteiger partial charge < -0.3 is 38.6 Å². The van der Waals surface area contributed by atoms with Gasteiger partial charge in [-0.25, -0.2) is 28.8 Å². The van der Waals surface area contributed by atoms with Crippen LogP contribution in [0.15, 0.2) is 79.9 Å². The monoisotopic (exact) mass is 704 g/mol. The summed E-state index contributed by atoms with van der Waals surface area (Å²) in [6, 6.07) is 12.7. The largest absolute Gasteiger partial charge is 0.513 e. The smallest absolute Gasteiger partial charge is 0.478 e. The van der Waals surface area contributed by atoms with Crippen molar-refractivity contribution in [2.24, 2.45) is 0 Å². The number of esters is 2. The van der Waals surface area contributed by atoms with Crippen molar-refractivity contribution in [3.8, 4) is 33.8 Å². The maximum Gasteiger partial charge on any atom is 0.513 e. The Morgan fingerprint density at radius 3 is 1.43 bits per heavy atom. The predicted molar refractivity (Wildman–Crippen MR) is 181 cm³/mol. The van der Waals surface area contributed by atoms with Crippen molar-refractivity contribution in [2.45, 2.75) is 32.6 Å². The van der Waals surface area contributed by atoms with Gasteiger partial charge in [0.1, 0.15) is 11.5 Å². The van der Waals surface area contributed by atoms with E-state index in [-0.39, 0.29) is 60.2 Å². The Balaban J connectivity index is 1.74. The molecule has 0 bridgehead atoms. The van der Waals surface area contributed by atoms with Crippen LogP contribution in [0.4, 0.5) is 9.59 Å². The number of rotatable bonds is 18. The number of benzene rings is 3. The van der Waals surface area contributed by atoms with E-state index in [1.165, 1.54) is 36.4 Å². The van der Waals surface area contributed by atoms with Crippen molar-refractivity contribution in [1.29, 1.82) is 0 Å². The van der Waals surface area contributed by atoms with Crippen LogP contribution in [0.3, 0.4) is 0 Å². The van der Waals surface area contributed by atoms with E-state index in [9.17, 15) is 39.0 Å². The molecule has 0 saturated heterocycles. The molecule has 51 heavy (non-hydrogen) atoms. The SMILES string of the molecule is C=CC(=O)OCCCCOC(=O)Oc1ccc(C(=O)O)c(-c2ccc(-c3cc(OC(=O)OCCCCOC(=O)C=C)ccc3C(=O)O)c(C)c2)c1. The average Bonchev–Trinajstić information content (AvgIpc) is 3.10. The zero-order valence-corrected chi connectivity index (χ0v) is 27.7. The summed E-state index contributed by atoms with van der Waals surface area (Å²) in [6.07, 6.45) is 1.73. The summed E-state index contributed by atoms with van der Waals surface area (Å²) in [4.78, 5) is 70.8. The van der Waals surface area contributed by atoms with Crippen LogP contribution >= 0.6 is 0 Å². The minimum Gasteiger partial charge on any atom is -0.478 e. The van der Waals surface area contributed by atoms with E-state index in [2.05, 4.69) is 13.2 Å². The predicted octanol–water partition coefficient (Wildman–Crippen LogP) is 6.78. The Morgan fingerprint density at radius 2 is 1.00 bits per heavy atom. The molecule has 0 saturated carbocycles. The molecule has 0 spiro atoms. The highest BCUT2D eigenvalue weighted by molar-refractivity contribution is 5.99. The topological polar surface area (TPSA) is 198 Å². The summed E-state index contributed by atoms with van der Waals surface area (Å²) in [5.41, 5.74) is 1.69. The number of hydrogen-bond acceptors (Lipinski definition) is 12. The number of ether oxygens (including phenoxy) is 6. The summed E-state index contributed by atoms with van der Waals surface area (Å²) < 4.78 is 30.3. The van der Waals surface area contributed by atoms with Crippen molar-refractivity contribution in [2.75, 3.05) is 26.4 Å². The second kappa shape index (κ2) is 19.5. The van der Waals surface area contributed by atoms with E-state index < -0.39 is 36.2 Å². The first-order valence-electron chi connectivity index (χ1n) is 15.6. The Hall–Kier alpha value is -6.44. The highest BCUT2D eigenvalue weighted by atomic mass is 16.7. The summed E-state index contributed by atoms with van der Waals surface area (Å²) in [6.45, 7) is 8.54. The van der Waals surface area contributed by atoms with E-state index in [1.807, 2.05) is 0 Å². The van der Waals surface area contributed by atoms with Crippen LogP contribution in [0.5, 0.6) is 11.5 Å². The van der Waals surface area contributed by atoms with E-state index in [1.54, 1.807) is 25.1 Å². The van der Waals surface area contributed by atoms with Gasteiger partial charge in [-0.05, 0) is 91.3 Å². The minimum absolute atomic E-state index is 0.00640. The molecule has 268 valence electrons. The lowest BCUT2D eigenvalue weighted by Gasteiger charge is -2.15. The third-order valence-electron chi connectivity index (χ3n) is 7.01. The summed E-state index contributed by atoms with van der Waals surface area (Å²) in [5.74, 6) is -3.55. The van der Waals surface area contributed by atoms with Crippen molar-refractivity contribution in [1.82, 2.24) is 0 Å². The molecule has 0 heterocycles. The standard InChI is InChI=1S/C37H36O14/c1-4-32(38)46-16-6-8-18-48-36(44)50-25-11-14-28(34(40)41)30(21-25)24-10-13-27(23(3)20-24)31-22-26(12-15-29(31)35(42)43)51-37(45)49-19-9-7-17-47-33(39)5-2/h4-5,10-15,20-22H,1-2,6-9,16-19H2,3H3,(H,40,41)(H,42,43).